The Morgan fingerprint density at radius 1 is 0.767 bits per heavy atom. The van der Waals surface area contributed by atoms with Gasteiger partial charge in [-0.3, -0.25) is 0 Å². The molecule has 0 aromatic heterocycles. The monoisotopic (exact) mass is 402 g/mol. The standard InChI is InChI=1S/C27H30O3/c1-2-3-4-5-6-10-19-30-24-17-18-25(21-11-8-7-9-12-21)26(20-24)22-13-15-23(16-14-22)27(28)29/h7-9,11-18,20H,2-6,10,19H2,1H3,(H,28,29). The fourth-order valence-electron chi connectivity index (χ4n) is 3.59. The summed E-state index contributed by atoms with van der Waals surface area (Å²) in [5.41, 5.74) is 4.53. The SMILES string of the molecule is CCCCCCCCOc1ccc(-c2ccccc2)c(-c2ccc(C(=O)O)cc2)c1. The summed E-state index contributed by atoms with van der Waals surface area (Å²) >= 11 is 0. The van der Waals surface area contributed by atoms with Crippen LogP contribution in [0.25, 0.3) is 22.3 Å². The summed E-state index contributed by atoms with van der Waals surface area (Å²) < 4.78 is 6.03. The second-order valence-corrected chi connectivity index (χ2v) is 7.57. The number of carbonyl (C=O) groups is 1. The van der Waals surface area contributed by atoms with Crippen molar-refractivity contribution in [3.8, 4) is 28.0 Å². The van der Waals surface area contributed by atoms with Gasteiger partial charge in [0.2, 0.25) is 0 Å². The lowest BCUT2D eigenvalue weighted by Gasteiger charge is -2.14. The fraction of sp³-hybridized carbons (Fsp3) is 0.296. The van der Waals surface area contributed by atoms with E-state index in [1.165, 1.54) is 32.1 Å². The predicted molar refractivity (Wildman–Crippen MR) is 123 cm³/mol. The average molecular weight is 403 g/mol. The van der Waals surface area contributed by atoms with Crippen LogP contribution >= 0.6 is 0 Å². The van der Waals surface area contributed by atoms with E-state index in [4.69, 9.17) is 4.74 Å². The van der Waals surface area contributed by atoms with Crippen molar-refractivity contribution in [2.75, 3.05) is 6.61 Å². The van der Waals surface area contributed by atoms with Gasteiger partial charge in [0.15, 0.2) is 0 Å². The third-order valence-electron chi connectivity index (χ3n) is 5.29. The lowest BCUT2D eigenvalue weighted by atomic mass is 9.94. The van der Waals surface area contributed by atoms with E-state index in [2.05, 4.69) is 31.2 Å². The van der Waals surface area contributed by atoms with Crippen molar-refractivity contribution in [1.82, 2.24) is 0 Å². The van der Waals surface area contributed by atoms with Gasteiger partial charge in [-0.1, -0.05) is 87.6 Å². The Bertz CT molecular complexity index is 930. The molecule has 3 nitrogen and oxygen atoms in total. The number of hydrogen-bond donors (Lipinski definition) is 1. The van der Waals surface area contributed by atoms with Gasteiger partial charge in [0.05, 0.1) is 12.2 Å². The van der Waals surface area contributed by atoms with Crippen LogP contribution in [0, 0.1) is 0 Å². The minimum absolute atomic E-state index is 0.287. The highest BCUT2D eigenvalue weighted by Gasteiger charge is 2.11. The van der Waals surface area contributed by atoms with Crippen molar-refractivity contribution >= 4 is 5.97 Å². The van der Waals surface area contributed by atoms with Gasteiger partial charge in [-0.2, -0.15) is 0 Å². The maximum absolute atomic E-state index is 11.2. The normalized spacial score (nSPS) is 10.7. The number of aromatic carboxylic acids is 1. The Morgan fingerprint density at radius 3 is 2.13 bits per heavy atom. The van der Waals surface area contributed by atoms with Crippen molar-refractivity contribution in [2.45, 2.75) is 45.4 Å². The lowest BCUT2D eigenvalue weighted by Crippen LogP contribution is -1.98. The molecule has 0 radical (unpaired) electrons. The molecule has 0 bridgehead atoms. The summed E-state index contributed by atoms with van der Waals surface area (Å²) in [7, 11) is 0. The molecule has 3 aromatic carbocycles. The van der Waals surface area contributed by atoms with Crippen LogP contribution in [-0.2, 0) is 0 Å². The number of unbranched alkanes of at least 4 members (excludes halogenated alkanes) is 5. The molecular weight excluding hydrogens is 372 g/mol. The van der Waals surface area contributed by atoms with Crippen LogP contribution in [-0.4, -0.2) is 17.7 Å². The minimum atomic E-state index is -0.916. The molecule has 0 unspecified atom stereocenters. The van der Waals surface area contributed by atoms with E-state index in [0.717, 1.165) is 34.4 Å². The van der Waals surface area contributed by atoms with Crippen molar-refractivity contribution in [3.05, 3.63) is 78.4 Å². The average Bonchev–Trinajstić information content (AvgIpc) is 2.79. The number of carboxylic acid groups (broad SMARTS) is 1. The number of rotatable bonds is 11. The van der Waals surface area contributed by atoms with Gasteiger partial charge in [0.1, 0.15) is 5.75 Å². The van der Waals surface area contributed by atoms with Crippen LogP contribution in [0.3, 0.4) is 0 Å². The molecule has 0 aliphatic rings. The third kappa shape index (κ3) is 5.96. The fourth-order valence-corrected chi connectivity index (χ4v) is 3.59. The molecule has 0 fully saturated rings. The zero-order valence-corrected chi connectivity index (χ0v) is 17.6. The van der Waals surface area contributed by atoms with E-state index in [1.807, 2.05) is 36.4 Å². The highest BCUT2D eigenvalue weighted by molar-refractivity contribution is 5.90. The summed E-state index contributed by atoms with van der Waals surface area (Å²) in [6.07, 6.45) is 7.41. The summed E-state index contributed by atoms with van der Waals surface area (Å²) in [4.78, 5) is 11.2. The maximum Gasteiger partial charge on any atom is 0.335 e. The van der Waals surface area contributed by atoms with Crippen LogP contribution in [0.1, 0.15) is 55.8 Å². The van der Waals surface area contributed by atoms with Crippen LogP contribution in [0.2, 0.25) is 0 Å². The first-order chi connectivity index (χ1) is 14.7. The number of benzene rings is 3. The molecule has 0 spiro atoms. The van der Waals surface area contributed by atoms with Gasteiger partial charge >= 0.3 is 5.97 Å². The molecule has 0 aliphatic heterocycles. The van der Waals surface area contributed by atoms with E-state index >= 15 is 0 Å². The van der Waals surface area contributed by atoms with Gasteiger partial charge in [0.25, 0.3) is 0 Å². The zero-order valence-electron chi connectivity index (χ0n) is 17.6. The topological polar surface area (TPSA) is 46.5 Å². The molecule has 0 heterocycles. The van der Waals surface area contributed by atoms with Crippen molar-refractivity contribution < 1.29 is 14.6 Å². The van der Waals surface area contributed by atoms with Crippen molar-refractivity contribution in [1.29, 1.82) is 0 Å². The summed E-state index contributed by atoms with van der Waals surface area (Å²) in [6, 6.07) is 23.4. The van der Waals surface area contributed by atoms with Gasteiger partial charge in [-0.05, 0) is 52.9 Å². The smallest absolute Gasteiger partial charge is 0.335 e. The van der Waals surface area contributed by atoms with E-state index in [-0.39, 0.29) is 5.56 Å². The predicted octanol–water partition coefficient (Wildman–Crippen LogP) is 7.46. The van der Waals surface area contributed by atoms with Gasteiger partial charge in [-0.25, -0.2) is 4.79 Å². The molecule has 3 heteroatoms. The largest absolute Gasteiger partial charge is 0.494 e. The molecule has 0 aliphatic carbocycles. The quantitative estimate of drug-likeness (QED) is 0.339. The summed E-state index contributed by atoms with van der Waals surface area (Å²) in [5.74, 6) is -0.0681. The minimum Gasteiger partial charge on any atom is -0.494 e. The van der Waals surface area contributed by atoms with Crippen LogP contribution < -0.4 is 4.74 Å². The van der Waals surface area contributed by atoms with Crippen molar-refractivity contribution in [3.63, 3.8) is 0 Å². The molecule has 0 saturated carbocycles. The number of hydrogen-bond acceptors (Lipinski definition) is 2. The molecule has 3 aromatic rings. The van der Waals surface area contributed by atoms with Gasteiger partial charge in [-0.15, -0.1) is 0 Å². The lowest BCUT2D eigenvalue weighted by molar-refractivity contribution is 0.0697. The van der Waals surface area contributed by atoms with Crippen LogP contribution in [0.4, 0.5) is 0 Å². The Balaban J connectivity index is 1.78. The highest BCUT2D eigenvalue weighted by atomic mass is 16.5. The van der Waals surface area contributed by atoms with Crippen molar-refractivity contribution in [2.24, 2.45) is 0 Å². The highest BCUT2D eigenvalue weighted by Crippen LogP contribution is 2.35. The Kier molecular flexibility index (Phi) is 8.08. The third-order valence-corrected chi connectivity index (χ3v) is 5.29. The first-order valence-electron chi connectivity index (χ1n) is 10.8. The number of ether oxygens (including phenoxy) is 1. The molecular formula is C27H30O3. The molecule has 3 rings (SSSR count). The summed E-state index contributed by atoms with van der Waals surface area (Å²) in [5, 5.41) is 9.19. The molecule has 0 saturated heterocycles. The Morgan fingerprint density at radius 2 is 1.43 bits per heavy atom. The van der Waals surface area contributed by atoms with E-state index < -0.39 is 5.97 Å². The maximum atomic E-state index is 11.2. The molecule has 30 heavy (non-hydrogen) atoms. The van der Waals surface area contributed by atoms with Crippen LogP contribution in [0.15, 0.2) is 72.8 Å². The zero-order chi connectivity index (χ0) is 21.2. The number of carboxylic acids is 1. The Labute approximate surface area is 179 Å². The molecule has 156 valence electrons. The second-order valence-electron chi connectivity index (χ2n) is 7.57. The molecule has 1 N–H and O–H groups in total. The van der Waals surface area contributed by atoms with E-state index in [0.29, 0.717) is 6.61 Å². The summed E-state index contributed by atoms with van der Waals surface area (Å²) in [6.45, 7) is 2.95. The van der Waals surface area contributed by atoms with E-state index in [9.17, 15) is 9.90 Å². The van der Waals surface area contributed by atoms with E-state index in [1.54, 1.807) is 12.1 Å². The Hall–Kier alpha value is -3.07. The van der Waals surface area contributed by atoms with Gasteiger partial charge < -0.3 is 9.84 Å². The molecule has 0 atom stereocenters. The van der Waals surface area contributed by atoms with Gasteiger partial charge in [0, 0.05) is 0 Å². The first kappa shape index (κ1) is 21.6. The molecule has 0 amide bonds. The van der Waals surface area contributed by atoms with Crippen LogP contribution in [0.5, 0.6) is 5.75 Å². The second kappa shape index (κ2) is 11.2. The first-order valence-corrected chi connectivity index (χ1v) is 10.8.